The van der Waals surface area contributed by atoms with Gasteiger partial charge in [-0.1, -0.05) is 45.8 Å². The van der Waals surface area contributed by atoms with Crippen LogP contribution in [0.3, 0.4) is 0 Å². The average molecular weight is 574 g/mol. The SMILES string of the molecule is CCC(C)C(NC(=O)CCC(=O)OCC(=O)[C@@]1(O)CCC2[C@@H]3CCC4=CC(=O)C=C[C@]4(C)C3C(O)C[C@@]21C)C(=O)O. The van der Waals surface area contributed by atoms with Crippen LogP contribution in [0, 0.1) is 34.5 Å². The zero-order valence-electron chi connectivity index (χ0n) is 24.4. The van der Waals surface area contributed by atoms with Gasteiger partial charge in [0.05, 0.1) is 12.5 Å². The second-order valence-corrected chi connectivity index (χ2v) is 13.0. The quantitative estimate of drug-likeness (QED) is 0.287. The molecule has 226 valence electrons. The molecular formula is C31H43NO9. The van der Waals surface area contributed by atoms with Crippen LogP contribution in [-0.2, 0) is 28.7 Å². The van der Waals surface area contributed by atoms with Gasteiger partial charge < -0.3 is 25.4 Å². The Labute approximate surface area is 240 Å². The van der Waals surface area contributed by atoms with E-state index in [9.17, 15) is 39.3 Å². The van der Waals surface area contributed by atoms with Crippen LogP contribution in [0.1, 0.15) is 79.1 Å². The van der Waals surface area contributed by atoms with Crippen molar-refractivity contribution in [3.8, 4) is 0 Å². The number of ether oxygens (including phenoxy) is 1. The summed E-state index contributed by atoms with van der Waals surface area (Å²) >= 11 is 0. The fourth-order valence-corrected chi connectivity index (χ4v) is 8.27. The van der Waals surface area contributed by atoms with E-state index in [2.05, 4.69) is 12.2 Å². The zero-order chi connectivity index (χ0) is 30.3. The molecule has 10 heteroatoms. The Bertz CT molecular complexity index is 1180. The Morgan fingerprint density at radius 2 is 1.88 bits per heavy atom. The van der Waals surface area contributed by atoms with Gasteiger partial charge in [0.25, 0.3) is 0 Å². The molecule has 4 N–H and O–H groups in total. The molecule has 3 saturated carbocycles. The number of hydrogen-bond donors (Lipinski definition) is 4. The summed E-state index contributed by atoms with van der Waals surface area (Å²) < 4.78 is 5.15. The van der Waals surface area contributed by atoms with Crippen molar-refractivity contribution in [2.24, 2.45) is 34.5 Å². The number of nitrogens with one attached hydrogen (secondary N) is 1. The molecule has 4 rings (SSSR count). The van der Waals surface area contributed by atoms with Crippen LogP contribution < -0.4 is 5.32 Å². The number of carbonyl (C=O) groups is 5. The van der Waals surface area contributed by atoms with Gasteiger partial charge in [0.15, 0.2) is 12.4 Å². The summed E-state index contributed by atoms with van der Waals surface area (Å²) in [4.78, 5) is 61.4. The van der Waals surface area contributed by atoms with Gasteiger partial charge in [-0.05, 0) is 62.0 Å². The molecule has 0 bridgehead atoms. The maximum atomic E-state index is 13.4. The van der Waals surface area contributed by atoms with Crippen molar-refractivity contribution in [3.63, 3.8) is 0 Å². The van der Waals surface area contributed by atoms with E-state index >= 15 is 0 Å². The highest BCUT2D eigenvalue weighted by Crippen LogP contribution is 2.67. The molecule has 4 aliphatic carbocycles. The molecule has 0 aromatic rings. The number of allylic oxidation sites excluding steroid dienone is 4. The summed E-state index contributed by atoms with van der Waals surface area (Å²) in [7, 11) is 0. The molecule has 3 fully saturated rings. The molecule has 0 saturated heterocycles. The van der Waals surface area contributed by atoms with E-state index in [-0.39, 0.29) is 55.1 Å². The number of fused-ring (bicyclic) bond motifs is 5. The number of ketones is 2. The molecule has 0 heterocycles. The minimum Gasteiger partial charge on any atom is -0.480 e. The maximum absolute atomic E-state index is 13.4. The van der Waals surface area contributed by atoms with E-state index in [1.165, 1.54) is 0 Å². The van der Waals surface area contributed by atoms with E-state index in [0.29, 0.717) is 12.8 Å². The lowest BCUT2D eigenvalue weighted by molar-refractivity contribution is -0.181. The summed E-state index contributed by atoms with van der Waals surface area (Å²) in [5, 5.41) is 35.0. The Balaban J connectivity index is 1.37. The highest BCUT2D eigenvalue weighted by Gasteiger charge is 2.68. The van der Waals surface area contributed by atoms with Gasteiger partial charge in [0.2, 0.25) is 11.7 Å². The molecule has 41 heavy (non-hydrogen) atoms. The lowest BCUT2D eigenvalue weighted by Gasteiger charge is -2.59. The minimum atomic E-state index is -1.78. The number of hydrogen-bond acceptors (Lipinski definition) is 8. The molecule has 4 aliphatic rings. The van der Waals surface area contributed by atoms with Crippen LogP contribution in [-0.4, -0.2) is 69.1 Å². The standard InChI is InChI=1S/C31H43NO9/c1-5-17(2)27(28(38)39)32-24(36)8-9-25(37)41-16-23(35)31(40)13-11-21-20-7-6-18-14-19(33)10-12-29(18,3)26(20)22(34)15-30(21,31)4/h10,12,14,17,20-22,26-27,34,40H,5-9,11,13,15-16H2,1-4H3,(H,32,36)(H,38,39)/t17?,20-,21?,22?,26?,27?,29-,30-,31-/m0/s1. The Morgan fingerprint density at radius 3 is 2.54 bits per heavy atom. The number of carboxylic acids is 1. The first kappa shape index (κ1) is 31.1. The largest absolute Gasteiger partial charge is 0.480 e. The Kier molecular flexibility index (Phi) is 8.67. The molecule has 1 amide bonds. The third kappa shape index (κ3) is 5.41. The molecule has 0 aromatic heterocycles. The molecule has 10 nitrogen and oxygen atoms in total. The van der Waals surface area contributed by atoms with Crippen LogP contribution >= 0.6 is 0 Å². The van der Waals surface area contributed by atoms with Crippen molar-refractivity contribution >= 4 is 29.4 Å². The predicted octanol–water partition coefficient (Wildman–Crippen LogP) is 2.50. The molecule has 0 aliphatic heterocycles. The summed E-state index contributed by atoms with van der Waals surface area (Å²) in [6, 6.07) is -1.06. The lowest BCUT2D eigenvalue weighted by Crippen LogP contribution is -2.61. The van der Waals surface area contributed by atoms with Gasteiger partial charge in [-0.15, -0.1) is 0 Å². The van der Waals surface area contributed by atoms with Crippen LogP contribution in [0.25, 0.3) is 0 Å². The predicted molar refractivity (Wildman–Crippen MR) is 147 cm³/mol. The van der Waals surface area contributed by atoms with Crippen molar-refractivity contribution in [1.29, 1.82) is 0 Å². The fourth-order valence-electron chi connectivity index (χ4n) is 8.27. The summed E-state index contributed by atoms with van der Waals surface area (Å²) in [6.07, 6.45) is 6.76. The number of aliphatic hydroxyl groups is 2. The number of aliphatic hydroxyl groups excluding tert-OH is 1. The lowest BCUT2D eigenvalue weighted by atomic mass is 9.46. The first-order valence-corrected chi connectivity index (χ1v) is 14.7. The second kappa shape index (κ2) is 11.4. The molecular weight excluding hydrogens is 530 g/mol. The maximum Gasteiger partial charge on any atom is 0.326 e. The highest BCUT2D eigenvalue weighted by atomic mass is 16.5. The van der Waals surface area contributed by atoms with Gasteiger partial charge >= 0.3 is 11.9 Å². The summed E-state index contributed by atoms with van der Waals surface area (Å²) in [6.45, 7) is 6.78. The normalized spacial score (nSPS) is 37.1. The van der Waals surface area contributed by atoms with E-state index in [1.54, 1.807) is 19.1 Å². The highest BCUT2D eigenvalue weighted by molar-refractivity contribution is 6.01. The molecule has 0 aromatic carbocycles. The first-order valence-electron chi connectivity index (χ1n) is 14.7. The van der Waals surface area contributed by atoms with Crippen LogP contribution in [0.4, 0.5) is 0 Å². The van der Waals surface area contributed by atoms with Crippen LogP contribution in [0.15, 0.2) is 23.8 Å². The number of carboxylic acid groups (broad SMARTS) is 1. The second-order valence-electron chi connectivity index (χ2n) is 13.0. The smallest absolute Gasteiger partial charge is 0.326 e. The Hall–Kier alpha value is -2.85. The summed E-state index contributed by atoms with van der Waals surface area (Å²) in [5.41, 5.74) is -2.12. The molecule has 0 spiro atoms. The van der Waals surface area contributed by atoms with Gasteiger partial charge in [0.1, 0.15) is 11.6 Å². The van der Waals surface area contributed by atoms with Crippen molar-refractivity contribution < 1.29 is 44.0 Å². The number of esters is 1. The molecule has 9 atom stereocenters. The Morgan fingerprint density at radius 1 is 1.17 bits per heavy atom. The monoisotopic (exact) mass is 573 g/mol. The van der Waals surface area contributed by atoms with Crippen molar-refractivity contribution in [1.82, 2.24) is 5.32 Å². The van der Waals surface area contributed by atoms with Gasteiger partial charge in [-0.25, -0.2) is 4.79 Å². The fraction of sp³-hybridized carbons (Fsp3) is 0.710. The third-order valence-electron chi connectivity index (χ3n) is 10.8. The first-order chi connectivity index (χ1) is 19.2. The number of aliphatic carboxylic acids is 1. The van der Waals surface area contributed by atoms with E-state index in [4.69, 9.17) is 4.74 Å². The molecule has 0 radical (unpaired) electrons. The minimum absolute atomic E-state index is 0.0265. The number of rotatable bonds is 10. The topological polar surface area (TPSA) is 167 Å². The van der Waals surface area contributed by atoms with Crippen LogP contribution in [0.2, 0.25) is 0 Å². The van der Waals surface area contributed by atoms with E-state index < -0.39 is 58.8 Å². The van der Waals surface area contributed by atoms with Gasteiger partial charge in [-0.2, -0.15) is 0 Å². The average Bonchev–Trinajstić information content (AvgIpc) is 3.19. The number of amides is 1. The summed E-state index contributed by atoms with van der Waals surface area (Å²) in [5.74, 6) is -3.61. The van der Waals surface area contributed by atoms with Crippen molar-refractivity contribution in [2.75, 3.05) is 6.61 Å². The van der Waals surface area contributed by atoms with Gasteiger partial charge in [0, 0.05) is 23.2 Å². The van der Waals surface area contributed by atoms with Crippen LogP contribution in [0.5, 0.6) is 0 Å². The molecule has 5 unspecified atom stereocenters. The van der Waals surface area contributed by atoms with E-state index in [0.717, 1.165) is 18.4 Å². The number of Topliss-reactive ketones (excluding diaryl/α,β-unsaturated/α-hetero) is 1. The van der Waals surface area contributed by atoms with E-state index in [1.807, 2.05) is 19.9 Å². The third-order valence-corrected chi connectivity index (χ3v) is 10.8. The van der Waals surface area contributed by atoms with Crippen molar-refractivity contribution in [2.45, 2.75) is 96.8 Å². The van der Waals surface area contributed by atoms with Gasteiger partial charge in [-0.3, -0.25) is 19.2 Å². The number of carbonyl (C=O) groups excluding carboxylic acids is 4. The zero-order valence-corrected chi connectivity index (χ0v) is 24.4. The van der Waals surface area contributed by atoms with Crippen molar-refractivity contribution in [3.05, 3.63) is 23.8 Å².